The summed E-state index contributed by atoms with van der Waals surface area (Å²) in [6, 6.07) is 9.65. The van der Waals surface area contributed by atoms with E-state index in [1.165, 1.54) is 30.5 Å². The van der Waals surface area contributed by atoms with E-state index in [9.17, 15) is 13.6 Å². The highest BCUT2D eigenvalue weighted by Gasteiger charge is 2.11. The second-order valence-electron chi connectivity index (χ2n) is 5.70. The van der Waals surface area contributed by atoms with Crippen molar-refractivity contribution in [3.8, 4) is 17.3 Å². The number of rotatable bonds is 8. The summed E-state index contributed by atoms with van der Waals surface area (Å²) >= 11 is 0. The Balaban J connectivity index is 1.64. The molecule has 0 aliphatic rings. The number of carbonyl (C=O) groups is 1. The Morgan fingerprint density at radius 1 is 1.28 bits per heavy atom. The van der Waals surface area contributed by atoms with Crippen LogP contribution in [0, 0.1) is 0 Å². The Kier molecular flexibility index (Phi) is 6.51. The first-order valence-electron chi connectivity index (χ1n) is 8.72. The lowest BCUT2D eigenvalue weighted by molar-refractivity contribution is -0.111. The summed E-state index contributed by atoms with van der Waals surface area (Å²) in [6.07, 6.45) is 7.78. The number of aromatic nitrogens is 3. The van der Waals surface area contributed by atoms with Crippen LogP contribution in [-0.2, 0) is 4.79 Å². The number of nitrogens with one attached hydrogen (secondary N) is 1. The van der Waals surface area contributed by atoms with Gasteiger partial charge in [0.1, 0.15) is 0 Å². The minimum Gasteiger partial charge on any atom is -0.490 e. The van der Waals surface area contributed by atoms with E-state index >= 15 is 0 Å². The Labute approximate surface area is 165 Å². The summed E-state index contributed by atoms with van der Waals surface area (Å²) in [5.74, 6) is 0.364. The molecule has 0 atom stereocenters. The van der Waals surface area contributed by atoms with Crippen molar-refractivity contribution < 1.29 is 23.0 Å². The van der Waals surface area contributed by atoms with Crippen LogP contribution in [0.5, 0.6) is 11.5 Å². The summed E-state index contributed by atoms with van der Waals surface area (Å²) < 4.78 is 36.2. The van der Waals surface area contributed by atoms with Crippen LogP contribution in [0.2, 0.25) is 0 Å². The van der Waals surface area contributed by atoms with Gasteiger partial charge in [-0.05, 0) is 48.9 Å². The highest BCUT2D eigenvalue weighted by atomic mass is 19.3. The first-order chi connectivity index (χ1) is 14.0. The fourth-order valence-corrected chi connectivity index (χ4v) is 2.45. The third kappa shape index (κ3) is 5.61. The molecule has 0 fully saturated rings. The molecule has 0 bridgehead atoms. The largest absolute Gasteiger partial charge is 0.490 e. The van der Waals surface area contributed by atoms with Gasteiger partial charge in [0.2, 0.25) is 5.91 Å². The molecule has 0 aliphatic carbocycles. The third-order valence-electron chi connectivity index (χ3n) is 3.67. The monoisotopic (exact) mass is 400 g/mol. The second-order valence-corrected chi connectivity index (χ2v) is 5.70. The molecular weight excluding hydrogens is 382 g/mol. The van der Waals surface area contributed by atoms with Crippen LogP contribution in [0.15, 0.2) is 61.1 Å². The van der Waals surface area contributed by atoms with E-state index in [-0.39, 0.29) is 24.0 Å². The Morgan fingerprint density at radius 2 is 2.14 bits per heavy atom. The first-order valence-corrected chi connectivity index (χ1v) is 8.72. The van der Waals surface area contributed by atoms with Crippen LogP contribution in [0.25, 0.3) is 11.9 Å². The number of alkyl halides is 2. The number of benzene rings is 1. The molecule has 0 saturated carbocycles. The van der Waals surface area contributed by atoms with Crippen molar-refractivity contribution in [2.24, 2.45) is 0 Å². The van der Waals surface area contributed by atoms with E-state index in [0.29, 0.717) is 17.1 Å². The Bertz CT molecular complexity index is 974. The molecule has 7 nitrogen and oxygen atoms in total. The van der Waals surface area contributed by atoms with E-state index in [4.69, 9.17) is 4.74 Å². The van der Waals surface area contributed by atoms with Crippen LogP contribution < -0.4 is 14.8 Å². The average molecular weight is 400 g/mol. The molecule has 1 amide bonds. The van der Waals surface area contributed by atoms with E-state index in [1.807, 2.05) is 0 Å². The molecule has 2 heterocycles. The minimum absolute atomic E-state index is 0.0632. The average Bonchev–Trinajstić information content (AvgIpc) is 3.23. The first kappa shape index (κ1) is 20.0. The van der Waals surface area contributed by atoms with Crippen LogP contribution in [0.3, 0.4) is 0 Å². The maximum atomic E-state index is 12.5. The van der Waals surface area contributed by atoms with Gasteiger partial charge in [0.05, 0.1) is 18.5 Å². The van der Waals surface area contributed by atoms with Crippen LogP contribution in [0.4, 0.5) is 14.5 Å². The summed E-state index contributed by atoms with van der Waals surface area (Å²) in [5, 5.41) is 6.77. The maximum Gasteiger partial charge on any atom is 0.387 e. The summed E-state index contributed by atoms with van der Waals surface area (Å²) in [7, 11) is 0. The molecule has 3 rings (SSSR count). The van der Waals surface area contributed by atoms with Crippen molar-refractivity contribution in [3.05, 3.63) is 66.6 Å². The quantitative estimate of drug-likeness (QED) is 0.580. The van der Waals surface area contributed by atoms with Gasteiger partial charge < -0.3 is 14.8 Å². The normalized spacial score (nSPS) is 11.0. The number of carbonyl (C=O) groups excluding carboxylic acids is 1. The van der Waals surface area contributed by atoms with Gasteiger partial charge in [0.25, 0.3) is 0 Å². The fraction of sp³-hybridized carbons (Fsp3) is 0.150. The van der Waals surface area contributed by atoms with Gasteiger partial charge >= 0.3 is 6.61 Å². The molecule has 0 aliphatic heterocycles. The molecule has 1 aromatic carbocycles. The SMILES string of the molecule is CCOc1cc(/C=C/C(=O)Nc2ccc(-n3cccn3)nc2)ccc1OC(F)F. The molecule has 2 aromatic heterocycles. The topological polar surface area (TPSA) is 78.3 Å². The zero-order valence-corrected chi connectivity index (χ0v) is 15.5. The molecule has 3 aromatic rings. The summed E-state index contributed by atoms with van der Waals surface area (Å²) in [6.45, 7) is -0.933. The summed E-state index contributed by atoms with van der Waals surface area (Å²) in [5.41, 5.74) is 1.11. The highest BCUT2D eigenvalue weighted by molar-refractivity contribution is 6.01. The van der Waals surface area contributed by atoms with Gasteiger partial charge in [0, 0.05) is 18.5 Å². The summed E-state index contributed by atoms with van der Waals surface area (Å²) in [4.78, 5) is 16.4. The number of ether oxygens (including phenoxy) is 2. The number of pyridine rings is 1. The molecule has 29 heavy (non-hydrogen) atoms. The number of amides is 1. The second kappa shape index (κ2) is 9.45. The van der Waals surface area contributed by atoms with Gasteiger partial charge in [-0.3, -0.25) is 4.79 Å². The molecule has 1 N–H and O–H groups in total. The molecule has 9 heteroatoms. The number of hydrogen-bond acceptors (Lipinski definition) is 5. The van der Waals surface area contributed by atoms with Gasteiger partial charge in [-0.15, -0.1) is 0 Å². The number of anilines is 1. The van der Waals surface area contributed by atoms with Crippen molar-refractivity contribution in [2.75, 3.05) is 11.9 Å². The molecule has 0 saturated heterocycles. The van der Waals surface area contributed by atoms with Gasteiger partial charge in [0.15, 0.2) is 17.3 Å². The zero-order valence-electron chi connectivity index (χ0n) is 15.5. The maximum absolute atomic E-state index is 12.5. The van der Waals surface area contributed by atoms with Crippen molar-refractivity contribution in [2.45, 2.75) is 13.5 Å². The molecule has 0 unspecified atom stereocenters. The highest BCUT2D eigenvalue weighted by Crippen LogP contribution is 2.30. The number of halogens is 2. The molecular formula is C20H18F2N4O3. The van der Waals surface area contributed by atoms with Crippen LogP contribution in [-0.4, -0.2) is 33.9 Å². The third-order valence-corrected chi connectivity index (χ3v) is 3.67. The van der Waals surface area contributed by atoms with Crippen LogP contribution >= 0.6 is 0 Å². The van der Waals surface area contributed by atoms with Crippen LogP contribution in [0.1, 0.15) is 12.5 Å². The van der Waals surface area contributed by atoms with Crippen molar-refractivity contribution in [3.63, 3.8) is 0 Å². The Hall–Kier alpha value is -3.75. The predicted molar refractivity (Wildman–Crippen MR) is 103 cm³/mol. The predicted octanol–water partition coefficient (Wildman–Crippen LogP) is 3.92. The zero-order chi connectivity index (χ0) is 20.6. The smallest absolute Gasteiger partial charge is 0.387 e. The van der Waals surface area contributed by atoms with Crippen molar-refractivity contribution in [1.82, 2.24) is 14.8 Å². The molecule has 0 radical (unpaired) electrons. The van der Waals surface area contributed by atoms with Crippen molar-refractivity contribution in [1.29, 1.82) is 0 Å². The fourth-order valence-electron chi connectivity index (χ4n) is 2.45. The standard InChI is InChI=1S/C20H18F2N4O3/c1-2-28-17-12-14(4-7-16(17)29-20(21)22)5-9-19(27)25-15-6-8-18(23-13-15)26-11-3-10-24-26/h3-13,20H,2H2,1H3,(H,25,27)/b9-5+. The molecule has 150 valence electrons. The Morgan fingerprint density at radius 3 is 2.79 bits per heavy atom. The number of nitrogens with zero attached hydrogens (tertiary/aromatic N) is 3. The van der Waals surface area contributed by atoms with E-state index in [2.05, 4.69) is 20.1 Å². The van der Waals surface area contributed by atoms with E-state index in [0.717, 1.165) is 0 Å². The minimum atomic E-state index is -2.95. The van der Waals surface area contributed by atoms with E-state index in [1.54, 1.807) is 48.3 Å². The lowest BCUT2D eigenvalue weighted by atomic mass is 10.2. The lowest BCUT2D eigenvalue weighted by Gasteiger charge is -2.11. The molecule has 0 spiro atoms. The van der Waals surface area contributed by atoms with Gasteiger partial charge in [-0.1, -0.05) is 6.07 Å². The number of hydrogen-bond donors (Lipinski definition) is 1. The van der Waals surface area contributed by atoms with Gasteiger partial charge in [-0.2, -0.15) is 13.9 Å². The van der Waals surface area contributed by atoms with E-state index < -0.39 is 6.61 Å². The van der Waals surface area contributed by atoms with Gasteiger partial charge in [-0.25, -0.2) is 9.67 Å². The van der Waals surface area contributed by atoms with Crippen molar-refractivity contribution >= 4 is 17.7 Å². The lowest BCUT2D eigenvalue weighted by Crippen LogP contribution is -2.08.